The number of carbonyl (C=O) groups excluding carboxylic acids is 1. The molecule has 4 aromatic carbocycles. The van der Waals surface area contributed by atoms with Crippen LogP contribution in [0.1, 0.15) is 21.5 Å². The van der Waals surface area contributed by atoms with Gasteiger partial charge in [-0.3, -0.25) is 4.79 Å². The van der Waals surface area contributed by atoms with Crippen molar-refractivity contribution in [3.05, 3.63) is 113 Å². The Labute approximate surface area is 203 Å². The third kappa shape index (κ3) is 5.69. The van der Waals surface area contributed by atoms with Crippen LogP contribution in [0.2, 0.25) is 5.02 Å². The molecule has 4 aromatic rings. The van der Waals surface area contributed by atoms with E-state index in [9.17, 15) is 4.79 Å². The number of aryl methyl sites for hydroxylation is 1. The molecule has 34 heavy (non-hydrogen) atoms. The summed E-state index contributed by atoms with van der Waals surface area (Å²) >= 11 is 6.19. The van der Waals surface area contributed by atoms with Gasteiger partial charge in [0.25, 0.3) is 5.91 Å². The zero-order valence-corrected chi connectivity index (χ0v) is 19.6. The third-order valence-corrected chi connectivity index (χ3v) is 5.42. The number of nitrogens with one attached hydrogen (secondary N) is 1. The summed E-state index contributed by atoms with van der Waals surface area (Å²) in [5.74, 6) is 2.25. The average Bonchev–Trinajstić information content (AvgIpc) is 2.85. The summed E-state index contributed by atoms with van der Waals surface area (Å²) in [7, 11) is 1.59. The van der Waals surface area contributed by atoms with E-state index in [0.717, 1.165) is 16.9 Å². The fourth-order valence-electron chi connectivity index (χ4n) is 3.41. The molecule has 1 amide bonds. The van der Waals surface area contributed by atoms with Crippen LogP contribution < -0.4 is 19.5 Å². The summed E-state index contributed by atoms with van der Waals surface area (Å²) in [5.41, 5.74) is 2.71. The Morgan fingerprint density at radius 3 is 2.35 bits per heavy atom. The Morgan fingerprint density at radius 1 is 0.853 bits per heavy atom. The minimum atomic E-state index is -0.306. The van der Waals surface area contributed by atoms with Gasteiger partial charge < -0.3 is 19.5 Å². The zero-order chi connectivity index (χ0) is 23.9. The topological polar surface area (TPSA) is 56.8 Å². The van der Waals surface area contributed by atoms with Crippen LogP contribution >= 0.6 is 11.6 Å². The highest BCUT2D eigenvalue weighted by molar-refractivity contribution is 6.31. The monoisotopic (exact) mass is 473 g/mol. The molecule has 0 bridgehead atoms. The number of halogens is 1. The molecular formula is C28H24ClNO4. The smallest absolute Gasteiger partial charge is 0.255 e. The molecule has 0 unspecified atom stereocenters. The van der Waals surface area contributed by atoms with E-state index >= 15 is 0 Å². The number of hydrogen-bond donors (Lipinski definition) is 1. The van der Waals surface area contributed by atoms with Crippen LogP contribution in [0.15, 0.2) is 91.0 Å². The molecular weight excluding hydrogens is 450 g/mol. The quantitative estimate of drug-likeness (QED) is 0.292. The van der Waals surface area contributed by atoms with Crippen molar-refractivity contribution in [1.82, 2.24) is 0 Å². The Kier molecular flexibility index (Phi) is 7.35. The lowest BCUT2D eigenvalue weighted by Gasteiger charge is -2.15. The normalized spacial score (nSPS) is 10.4. The van der Waals surface area contributed by atoms with Crippen LogP contribution in [-0.2, 0) is 6.61 Å². The molecule has 0 heterocycles. The van der Waals surface area contributed by atoms with Crippen molar-refractivity contribution >= 4 is 23.2 Å². The van der Waals surface area contributed by atoms with Gasteiger partial charge >= 0.3 is 0 Å². The highest BCUT2D eigenvalue weighted by atomic mass is 35.5. The van der Waals surface area contributed by atoms with Gasteiger partial charge in [0, 0.05) is 16.1 Å². The van der Waals surface area contributed by atoms with Crippen LogP contribution in [0.5, 0.6) is 23.0 Å². The third-order valence-electron chi connectivity index (χ3n) is 5.18. The molecule has 6 heteroatoms. The second-order valence-corrected chi connectivity index (χ2v) is 8.03. The minimum absolute atomic E-state index is 0.259. The molecule has 5 nitrogen and oxygen atoms in total. The van der Waals surface area contributed by atoms with E-state index in [1.807, 2.05) is 61.5 Å². The molecule has 0 aliphatic carbocycles. The minimum Gasteiger partial charge on any atom is -0.496 e. The van der Waals surface area contributed by atoms with Crippen LogP contribution in [-0.4, -0.2) is 13.0 Å². The first-order valence-corrected chi connectivity index (χ1v) is 11.1. The molecule has 0 radical (unpaired) electrons. The second kappa shape index (κ2) is 10.8. The highest BCUT2D eigenvalue weighted by Gasteiger charge is 2.15. The first-order chi connectivity index (χ1) is 16.5. The molecule has 0 aromatic heterocycles. The molecule has 0 atom stereocenters. The lowest BCUT2D eigenvalue weighted by molar-refractivity contribution is 0.102. The number of anilines is 1. The van der Waals surface area contributed by atoms with Gasteiger partial charge in [-0.2, -0.15) is 0 Å². The summed E-state index contributed by atoms with van der Waals surface area (Å²) in [6.45, 7) is 2.24. The summed E-state index contributed by atoms with van der Waals surface area (Å²) in [4.78, 5) is 13.1. The maximum Gasteiger partial charge on any atom is 0.255 e. The number of carbonyl (C=O) groups is 1. The first-order valence-electron chi connectivity index (χ1n) is 10.7. The van der Waals surface area contributed by atoms with Crippen molar-refractivity contribution in [3.8, 4) is 23.0 Å². The summed E-state index contributed by atoms with van der Waals surface area (Å²) in [5, 5.41) is 3.39. The zero-order valence-electron chi connectivity index (χ0n) is 18.9. The lowest BCUT2D eigenvalue weighted by atomic mass is 10.1. The van der Waals surface area contributed by atoms with E-state index < -0.39 is 0 Å². The van der Waals surface area contributed by atoms with E-state index in [2.05, 4.69) is 5.32 Å². The van der Waals surface area contributed by atoms with Crippen LogP contribution in [0, 0.1) is 6.92 Å². The van der Waals surface area contributed by atoms with E-state index in [-0.39, 0.29) is 12.5 Å². The van der Waals surface area contributed by atoms with Crippen molar-refractivity contribution in [2.75, 3.05) is 12.4 Å². The molecule has 4 rings (SSSR count). The van der Waals surface area contributed by atoms with Gasteiger partial charge in [0.2, 0.25) is 0 Å². The SMILES string of the molecule is COc1ccc(C(=O)Nc2cc(Cl)ccc2Oc2ccccc2)cc1COc1ccccc1C. The standard InChI is InChI=1S/C28H24ClNO4/c1-19-8-6-7-11-25(19)33-18-21-16-20(12-14-26(21)32-2)28(31)30-24-17-22(29)13-15-27(24)34-23-9-4-3-5-10-23/h3-17H,18H2,1-2H3,(H,30,31). The van der Waals surface area contributed by atoms with E-state index in [1.165, 1.54) is 0 Å². The number of para-hydroxylation sites is 2. The lowest BCUT2D eigenvalue weighted by Crippen LogP contribution is -2.13. The van der Waals surface area contributed by atoms with Crippen molar-refractivity contribution in [2.45, 2.75) is 13.5 Å². The molecule has 0 aliphatic rings. The fraction of sp³-hybridized carbons (Fsp3) is 0.107. The number of amides is 1. The molecule has 0 saturated carbocycles. The molecule has 1 N–H and O–H groups in total. The van der Waals surface area contributed by atoms with E-state index in [0.29, 0.717) is 33.5 Å². The maximum atomic E-state index is 13.1. The van der Waals surface area contributed by atoms with Gasteiger partial charge in [-0.1, -0.05) is 48.0 Å². The van der Waals surface area contributed by atoms with E-state index in [1.54, 1.807) is 43.5 Å². The van der Waals surface area contributed by atoms with Crippen LogP contribution in [0.3, 0.4) is 0 Å². The Morgan fingerprint density at radius 2 is 1.59 bits per heavy atom. The molecule has 0 saturated heterocycles. The maximum absolute atomic E-state index is 13.1. The number of rotatable bonds is 8. The van der Waals surface area contributed by atoms with Gasteiger partial charge in [0.15, 0.2) is 5.75 Å². The summed E-state index contributed by atoms with van der Waals surface area (Å²) in [6.07, 6.45) is 0. The van der Waals surface area contributed by atoms with Gasteiger partial charge in [-0.05, 0) is 67.1 Å². The van der Waals surface area contributed by atoms with Gasteiger partial charge in [0.05, 0.1) is 12.8 Å². The van der Waals surface area contributed by atoms with Gasteiger partial charge in [-0.15, -0.1) is 0 Å². The first kappa shape index (κ1) is 23.2. The van der Waals surface area contributed by atoms with Gasteiger partial charge in [-0.25, -0.2) is 0 Å². The van der Waals surface area contributed by atoms with E-state index in [4.69, 9.17) is 25.8 Å². The molecule has 172 valence electrons. The summed E-state index contributed by atoms with van der Waals surface area (Å²) in [6, 6.07) is 27.4. The highest BCUT2D eigenvalue weighted by Crippen LogP contribution is 2.33. The number of ether oxygens (including phenoxy) is 3. The largest absolute Gasteiger partial charge is 0.496 e. The molecule has 0 aliphatic heterocycles. The second-order valence-electron chi connectivity index (χ2n) is 7.59. The molecule has 0 spiro atoms. The van der Waals surface area contributed by atoms with Crippen LogP contribution in [0.4, 0.5) is 5.69 Å². The van der Waals surface area contributed by atoms with Crippen molar-refractivity contribution in [3.63, 3.8) is 0 Å². The number of hydrogen-bond acceptors (Lipinski definition) is 4. The fourth-order valence-corrected chi connectivity index (χ4v) is 3.58. The number of benzene rings is 4. The predicted molar refractivity (Wildman–Crippen MR) is 134 cm³/mol. The Hall–Kier alpha value is -3.96. The van der Waals surface area contributed by atoms with Crippen molar-refractivity contribution < 1.29 is 19.0 Å². The van der Waals surface area contributed by atoms with Crippen LogP contribution in [0.25, 0.3) is 0 Å². The Bertz CT molecular complexity index is 1290. The van der Waals surface area contributed by atoms with Crippen molar-refractivity contribution in [1.29, 1.82) is 0 Å². The summed E-state index contributed by atoms with van der Waals surface area (Å²) < 4.78 is 17.4. The predicted octanol–water partition coefficient (Wildman–Crippen LogP) is 7.28. The Balaban J connectivity index is 1.55. The average molecular weight is 474 g/mol. The van der Waals surface area contributed by atoms with Crippen molar-refractivity contribution in [2.24, 2.45) is 0 Å². The number of methoxy groups -OCH3 is 1. The molecule has 0 fully saturated rings. The van der Waals surface area contributed by atoms with Gasteiger partial charge in [0.1, 0.15) is 23.9 Å².